The number of carbonyl (C=O) groups is 2. The quantitative estimate of drug-likeness (QED) is 0.688. The highest BCUT2D eigenvalue weighted by molar-refractivity contribution is 5.95. The van der Waals surface area contributed by atoms with Crippen molar-refractivity contribution in [1.82, 2.24) is 4.90 Å². The van der Waals surface area contributed by atoms with Gasteiger partial charge >= 0.3 is 5.63 Å². The number of hydrogen-bond donors (Lipinski definition) is 1. The van der Waals surface area contributed by atoms with E-state index in [1.165, 1.54) is 11.0 Å². The van der Waals surface area contributed by atoms with Gasteiger partial charge in [0.25, 0.3) is 11.8 Å². The smallest absolute Gasteiger partial charge is 0.336 e. The molecule has 28 heavy (non-hydrogen) atoms. The van der Waals surface area contributed by atoms with E-state index < -0.39 is 5.63 Å². The molecule has 0 aliphatic rings. The summed E-state index contributed by atoms with van der Waals surface area (Å²) >= 11 is 0. The summed E-state index contributed by atoms with van der Waals surface area (Å²) in [7, 11) is 3.35. The van der Waals surface area contributed by atoms with Crippen LogP contribution in [0.3, 0.4) is 0 Å². The molecule has 144 valence electrons. The van der Waals surface area contributed by atoms with Crippen LogP contribution in [0.2, 0.25) is 0 Å². The fourth-order valence-electron chi connectivity index (χ4n) is 2.70. The number of rotatable bonds is 5. The normalized spacial score (nSPS) is 10.5. The van der Waals surface area contributed by atoms with Gasteiger partial charge in [-0.1, -0.05) is 0 Å². The largest absolute Gasteiger partial charge is 0.484 e. The third kappa shape index (κ3) is 4.37. The minimum absolute atomic E-state index is 0.112. The van der Waals surface area contributed by atoms with Gasteiger partial charge in [-0.15, -0.1) is 0 Å². The summed E-state index contributed by atoms with van der Waals surface area (Å²) in [5.41, 5.74) is 1.88. The molecule has 3 aromatic rings. The molecule has 0 saturated carbocycles. The molecule has 0 unspecified atom stereocenters. The number of nitrogens with zero attached hydrogens (tertiary/aromatic N) is 1. The molecule has 1 N–H and O–H groups in total. The molecule has 2 aromatic carbocycles. The molecule has 3 rings (SSSR count). The highest BCUT2D eigenvalue weighted by Gasteiger charge is 2.09. The van der Waals surface area contributed by atoms with Gasteiger partial charge < -0.3 is 19.4 Å². The van der Waals surface area contributed by atoms with E-state index in [4.69, 9.17) is 9.15 Å². The maximum atomic E-state index is 12.1. The van der Waals surface area contributed by atoms with Crippen LogP contribution in [0.4, 0.5) is 5.69 Å². The minimum atomic E-state index is -0.434. The minimum Gasteiger partial charge on any atom is -0.484 e. The summed E-state index contributed by atoms with van der Waals surface area (Å²) in [6, 6.07) is 13.1. The van der Waals surface area contributed by atoms with E-state index >= 15 is 0 Å². The van der Waals surface area contributed by atoms with Crippen LogP contribution < -0.4 is 15.7 Å². The van der Waals surface area contributed by atoms with Crippen molar-refractivity contribution in [3.63, 3.8) is 0 Å². The number of aryl methyl sites for hydroxylation is 1. The number of benzene rings is 2. The molecular weight excluding hydrogens is 360 g/mol. The molecule has 1 heterocycles. The van der Waals surface area contributed by atoms with Crippen LogP contribution in [0.5, 0.6) is 5.75 Å². The van der Waals surface area contributed by atoms with Crippen molar-refractivity contribution in [3.05, 3.63) is 70.1 Å². The second-order valence-electron chi connectivity index (χ2n) is 6.52. The molecular formula is C21H20N2O5. The first kappa shape index (κ1) is 19.2. The lowest BCUT2D eigenvalue weighted by molar-refractivity contribution is -0.118. The summed E-state index contributed by atoms with van der Waals surface area (Å²) < 4.78 is 10.7. The summed E-state index contributed by atoms with van der Waals surface area (Å²) in [4.78, 5) is 36.9. The summed E-state index contributed by atoms with van der Waals surface area (Å²) in [6.45, 7) is 1.62. The van der Waals surface area contributed by atoms with Gasteiger partial charge in [0.05, 0.1) is 0 Å². The van der Waals surface area contributed by atoms with Crippen LogP contribution in [0, 0.1) is 6.92 Å². The number of nitrogens with one attached hydrogen (secondary N) is 1. The van der Waals surface area contributed by atoms with Crippen molar-refractivity contribution in [2.45, 2.75) is 6.92 Å². The molecule has 0 atom stereocenters. The third-order valence-electron chi connectivity index (χ3n) is 4.11. The fourth-order valence-corrected chi connectivity index (χ4v) is 2.70. The Bertz CT molecular complexity index is 1080. The van der Waals surface area contributed by atoms with Gasteiger partial charge in [0.15, 0.2) is 6.61 Å². The third-order valence-corrected chi connectivity index (χ3v) is 4.11. The van der Waals surface area contributed by atoms with Gasteiger partial charge in [-0.2, -0.15) is 0 Å². The molecule has 7 heteroatoms. The van der Waals surface area contributed by atoms with Gasteiger partial charge in [0, 0.05) is 42.9 Å². The first-order chi connectivity index (χ1) is 13.3. The SMILES string of the molecule is Cc1cc(=O)oc2cc(OCC(=O)Nc3ccc(C(=O)N(C)C)cc3)ccc12. The second-order valence-corrected chi connectivity index (χ2v) is 6.52. The van der Waals surface area contributed by atoms with Crippen LogP contribution in [0.15, 0.2) is 57.7 Å². The first-order valence-electron chi connectivity index (χ1n) is 8.62. The van der Waals surface area contributed by atoms with Crippen LogP contribution in [-0.2, 0) is 4.79 Å². The summed E-state index contributed by atoms with van der Waals surface area (Å²) in [5.74, 6) is -0.0415. The molecule has 1 aromatic heterocycles. The van der Waals surface area contributed by atoms with E-state index in [1.807, 2.05) is 6.92 Å². The zero-order valence-corrected chi connectivity index (χ0v) is 15.8. The molecule has 0 saturated heterocycles. The molecule has 0 fully saturated rings. The Balaban J connectivity index is 1.62. The van der Waals surface area contributed by atoms with Crippen molar-refractivity contribution in [1.29, 1.82) is 0 Å². The maximum Gasteiger partial charge on any atom is 0.336 e. The monoisotopic (exact) mass is 380 g/mol. The Morgan fingerprint density at radius 2 is 1.79 bits per heavy atom. The number of carbonyl (C=O) groups excluding carboxylic acids is 2. The van der Waals surface area contributed by atoms with Crippen molar-refractivity contribution in [2.75, 3.05) is 26.0 Å². The average molecular weight is 380 g/mol. The van der Waals surface area contributed by atoms with Crippen molar-refractivity contribution in [3.8, 4) is 5.75 Å². The van der Waals surface area contributed by atoms with Crippen molar-refractivity contribution in [2.24, 2.45) is 0 Å². The molecule has 2 amide bonds. The predicted molar refractivity (Wildman–Crippen MR) is 106 cm³/mol. The molecule has 7 nitrogen and oxygen atoms in total. The van der Waals surface area contributed by atoms with E-state index in [0.717, 1.165) is 10.9 Å². The average Bonchev–Trinajstić information content (AvgIpc) is 2.66. The number of anilines is 1. The fraction of sp³-hybridized carbons (Fsp3) is 0.190. The molecule has 0 spiro atoms. The predicted octanol–water partition coefficient (Wildman–Crippen LogP) is 2.82. The molecule has 0 aliphatic heterocycles. The Labute approximate surface area is 161 Å². The van der Waals surface area contributed by atoms with Gasteiger partial charge in [-0.25, -0.2) is 4.79 Å². The summed E-state index contributed by atoms with van der Waals surface area (Å²) in [5, 5.41) is 3.51. The first-order valence-corrected chi connectivity index (χ1v) is 8.62. The number of amides is 2. The number of ether oxygens (including phenoxy) is 1. The van der Waals surface area contributed by atoms with E-state index in [2.05, 4.69) is 5.32 Å². The molecule has 0 bridgehead atoms. The van der Waals surface area contributed by atoms with Gasteiger partial charge in [-0.05, 0) is 48.9 Å². The molecule has 0 aliphatic carbocycles. The van der Waals surface area contributed by atoms with Gasteiger partial charge in [0.2, 0.25) is 0 Å². The Hall–Kier alpha value is -3.61. The molecule has 0 radical (unpaired) electrons. The van der Waals surface area contributed by atoms with E-state index in [0.29, 0.717) is 22.6 Å². The van der Waals surface area contributed by atoms with E-state index in [-0.39, 0.29) is 18.4 Å². The number of hydrogen-bond acceptors (Lipinski definition) is 5. The zero-order chi connectivity index (χ0) is 20.3. The van der Waals surface area contributed by atoms with Crippen LogP contribution in [-0.4, -0.2) is 37.4 Å². The summed E-state index contributed by atoms with van der Waals surface area (Å²) in [6.07, 6.45) is 0. The lowest BCUT2D eigenvalue weighted by atomic mass is 10.1. The van der Waals surface area contributed by atoms with Crippen LogP contribution in [0.25, 0.3) is 11.0 Å². The van der Waals surface area contributed by atoms with Crippen molar-refractivity contribution >= 4 is 28.5 Å². The highest BCUT2D eigenvalue weighted by atomic mass is 16.5. The van der Waals surface area contributed by atoms with Crippen LogP contribution in [0.1, 0.15) is 15.9 Å². The Kier molecular flexibility index (Phi) is 5.44. The Morgan fingerprint density at radius 3 is 2.46 bits per heavy atom. The van der Waals surface area contributed by atoms with E-state index in [9.17, 15) is 14.4 Å². The zero-order valence-electron chi connectivity index (χ0n) is 15.8. The lowest BCUT2D eigenvalue weighted by Gasteiger charge is -2.11. The second kappa shape index (κ2) is 7.96. The van der Waals surface area contributed by atoms with Crippen molar-refractivity contribution < 1.29 is 18.7 Å². The van der Waals surface area contributed by atoms with Gasteiger partial charge in [-0.3, -0.25) is 9.59 Å². The standard InChI is InChI=1S/C21H20N2O5/c1-13-10-20(25)28-18-11-16(8-9-17(13)18)27-12-19(24)22-15-6-4-14(5-7-15)21(26)23(2)3/h4-11H,12H2,1-3H3,(H,22,24). The van der Waals surface area contributed by atoms with Crippen LogP contribution >= 0.6 is 0 Å². The lowest BCUT2D eigenvalue weighted by Crippen LogP contribution is -2.22. The highest BCUT2D eigenvalue weighted by Crippen LogP contribution is 2.22. The topological polar surface area (TPSA) is 88.8 Å². The van der Waals surface area contributed by atoms with E-state index in [1.54, 1.807) is 56.6 Å². The van der Waals surface area contributed by atoms with Gasteiger partial charge in [0.1, 0.15) is 11.3 Å². The number of fused-ring (bicyclic) bond motifs is 1. The maximum absolute atomic E-state index is 12.1. The Morgan fingerprint density at radius 1 is 1.07 bits per heavy atom.